The highest BCUT2D eigenvalue weighted by Crippen LogP contribution is 2.03. The van der Waals surface area contributed by atoms with Gasteiger partial charge in [-0.05, 0) is 5.54 Å². The standard InChI is InChI=1S/C2H3Cl.CHCl3/c1-2-3;2-1(3)4/h2H,1H2;1H. The van der Waals surface area contributed by atoms with Crippen LogP contribution in [-0.2, 0) is 0 Å². The Bertz CT molecular complexity index is 31.2. The van der Waals surface area contributed by atoms with Crippen molar-refractivity contribution in [2.24, 2.45) is 0 Å². The molecule has 0 atom stereocenters. The van der Waals surface area contributed by atoms with Gasteiger partial charge in [-0.2, -0.15) is 0 Å². The van der Waals surface area contributed by atoms with E-state index < -0.39 is 4.30 Å². The zero-order valence-corrected chi connectivity index (χ0v) is 6.40. The second-order valence-electron chi connectivity index (χ2n) is 0.402. The third kappa shape index (κ3) is 205. The molecule has 0 aliphatic rings. The fraction of sp³-hybridized carbons (Fsp3) is 0.333. The third-order valence-electron chi connectivity index (χ3n) is 0. The number of halogens is 4. The molecule has 0 amide bonds. The van der Waals surface area contributed by atoms with Crippen molar-refractivity contribution in [3.8, 4) is 0 Å². The summed E-state index contributed by atoms with van der Waals surface area (Å²) < 4.78 is -0.750. The first kappa shape index (κ1) is 10.8. The molecule has 0 heterocycles. The fourth-order valence-corrected chi connectivity index (χ4v) is 0. The SMILES string of the molecule is C=CCl.ClC(Cl)Cl. The molecule has 0 nitrogen and oxygen atoms in total. The highest BCUT2D eigenvalue weighted by molar-refractivity contribution is 6.63. The summed E-state index contributed by atoms with van der Waals surface area (Å²) in [6.45, 7) is 3.13. The Morgan fingerprint density at radius 3 is 1.29 bits per heavy atom. The molecule has 0 aromatic carbocycles. The first-order valence-corrected chi connectivity index (χ1v) is 3.03. The van der Waals surface area contributed by atoms with Crippen molar-refractivity contribution in [3.05, 3.63) is 12.1 Å². The van der Waals surface area contributed by atoms with Gasteiger partial charge in [-0.1, -0.05) is 53.0 Å². The Morgan fingerprint density at radius 1 is 1.29 bits per heavy atom. The summed E-state index contributed by atoms with van der Waals surface area (Å²) in [5.41, 5.74) is 1.22. The van der Waals surface area contributed by atoms with E-state index in [1.54, 1.807) is 0 Å². The molecule has 0 saturated carbocycles. The van der Waals surface area contributed by atoms with Crippen LogP contribution in [0, 0.1) is 0 Å². The summed E-state index contributed by atoms with van der Waals surface area (Å²) in [4.78, 5) is 0. The van der Waals surface area contributed by atoms with Gasteiger partial charge in [-0.25, -0.2) is 0 Å². The lowest BCUT2D eigenvalue weighted by Crippen LogP contribution is -1.55. The molecule has 0 N–H and O–H groups in total. The minimum atomic E-state index is -0.750. The van der Waals surface area contributed by atoms with E-state index in [2.05, 4.69) is 6.58 Å². The van der Waals surface area contributed by atoms with Gasteiger partial charge in [-0.3, -0.25) is 0 Å². The predicted molar refractivity (Wildman–Crippen MR) is 37.4 cm³/mol. The topological polar surface area (TPSA) is 0 Å². The lowest BCUT2D eigenvalue weighted by atomic mass is 11.3. The van der Waals surface area contributed by atoms with Gasteiger partial charge in [0.05, 0.1) is 0 Å². The average molecular weight is 182 g/mol. The molecule has 0 aromatic heterocycles. The van der Waals surface area contributed by atoms with Crippen LogP contribution in [0.2, 0.25) is 0 Å². The van der Waals surface area contributed by atoms with Gasteiger partial charge in [0, 0.05) is 0 Å². The van der Waals surface area contributed by atoms with Crippen molar-refractivity contribution in [3.63, 3.8) is 0 Å². The molecule has 0 saturated heterocycles. The van der Waals surface area contributed by atoms with Crippen LogP contribution in [0.15, 0.2) is 12.1 Å². The zero-order valence-electron chi connectivity index (χ0n) is 3.37. The molecule has 4 heteroatoms. The largest absolute Gasteiger partial charge is 0.180 e. The maximum atomic E-state index is 4.81. The van der Waals surface area contributed by atoms with Crippen LogP contribution in [-0.4, -0.2) is 4.30 Å². The quantitative estimate of drug-likeness (QED) is 0.503. The first-order chi connectivity index (χ1) is 3.15. The summed E-state index contributed by atoms with van der Waals surface area (Å²) in [6.07, 6.45) is 0. The van der Waals surface area contributed by atoms with Crippen LogP contribution in [0.1, 0.15) is 0 Å². The van der Waals surface area contributed by atoms with Gasteiger partial charge in [-0.15, -0.1) is 0 Å². The Morgan fingerprint density at radius 2 is 1.29 bits per heavy atom. The minimum absolute atomic E-state index is 0.750. The molecule has 0 rings (SSSR count). The van der Waals surface area contributed by atoms with Gasteiger partial charge >= 0.3 is 0 Å². The van der Waals surface area contributed by atoms with E-state index in [-0.39, 0.29) is 0 Å². The molecular weight excluding hydrogens is 178 g/mol. The van der Waals surface area contributed by atoms with Crippen LogP contribution in [0.25, 0.3) is 0 Å². The second kappa shape index (κ2) is 10.0. The van der Waals surface area contributed by atoms with Crippen LogP contribution in [0.4, 0.5) is 0 Å². The molecule has 0 aliphatic heterocycles. The number of alkyl halides is 3. The normalized spacial score (nSPS) is 7.00. The second-order valence-corrected chi connectivity index (χ2v) is 2.69. The summed E-state index contributed by atoms with van der Waals surface area (Å²) in [7, 11) is 0. The summed E-state index contributed by atoms with van der Waals surface area (Å²) >= 11 is 19.2. The number of rotatable bonds is 0. The van der Waals surface area contributed by atoms with Gasteiger partial charge in [0.1, 0.15) is 0 Å². The molecule has 0 fully saturated rings. The van der Waals surface area contributed by atoms with Crippen LogP contribution in [0.3, 0.4) is 0 Å². The Balaban J connectivity index is 0. The van der Waals surface area contributed by atoms with Gasteiger partial charge < -0.3 is 0 Å². The maximum Gasteiger partial charge on any atom is 0.180 e. The number of hydrogen-bond donors (Lipinski definition) is 0. The van der Waals surface area contributed by atoms with Crippen LogP contribution < -0.4 is 0 Å². The molecule has 0 bridgehead atoms. The van der Waals surface area contributed by atoms with Gasteiger partial charge in [0.2, 0.25) is 0 Å². The minimum Gasteiger partial charge on any atom is -0.0936 e. The molecular formula is C3H4Cl4. The zero-order chi connectivity index (χ0) is 6.28. The molecule has 0 aliphatic carbocycles. The van der Waals surface area contributed by atoms with Crippen molar-refractivity contribution in [2.45, 2.75) is 4.30 Å². The lowest BCUT2D eigenvalue weighted by molar-refractivity contribution is 1.96. The highest BCUT2D eigenvalue weighted by Gasteiger charge is 1.78. The highest BCUT2D eigenvalue weighted by atomic mass is 35.6. The van der Waals surface area contributed by atoms with Crippen molar-refractivity contribution in [1.82, 2.24) is 0 Å². The van der Waals surface area contributed by atoms with Crippen molar-refractivity contribution >= 4 is 46.4 Å². The van der Waals surface area contributed by atoms with Crippen LogP contribution in [0.5, 0.6) is 0 Å². The molecule has 44 valence electrons. The van der Waals surface area contributed by atoms with E-state index >= 15 is 0 Å². The predicted octanol–water partition coefficient (Wildman–Crippen LogP) is 3.36. The molecule has 7 heavy (non-hydrogen) atoms. The van der Waals surface area contributed by atoms with E-state index in [4.69, 9.17) is 46.4 Å². The Labute approximate surface area is 63.0 Å². The third-order valence-corrected chi connectivity index (χ3v) is 0. The average Bonchev–Trinajstić information content (AvgIpc) is 1.33. The first-order valence-electron chi connectivity index (χ1n) is 1.28. The molecule has 0 spiro atoms. The van der Waals surface area contributed by atoms with Crippen molar-refractivity contribution in [1.29, 1.82) is 0 Å². The Kier molecular flexibility index (Phi) is 15.4. The lowest BCUT2D eigenvalue weighted by Gasteiger charge is -1.69. The van der Waals surface area contributed by atoms with Crippen molar-refractivity contribution < 1.29 is 0 Å². The summed E-state index contributed by atoms with van der Waals surface area (Å²) in [5, 5.41) is 0. The monoisotopic (exact) mass is 180 g/mol. The summed E-state index contributed by atoms with van der Waals surface area (Å²) in [6, 6.07) is 0. The van der Waals surface area contributed by atoms with E-state index in [0.717, 1.165) is 0 Å². The Hall–Kier alpha value is 0.900. The van der Waals surface area contributed by atoms with Gasteiger partial charge in [0.25, 0.3) is 0 Å². The fourth-order valence-electron chi connectivity index (χ4n) is 0. The van der Waals surface area contributed by atoms with E-state index in [9.17, 15) is 0 Å². The maximum absolute atomic E-state index is 4.81. The van der Waals surface area contributed by atoms with Crippen LogP contribution >= 0.6 is 46.4 Å². The molecule has 0 unspecified atom stereocenters. The molecule has 0 radical (unpaired) electrons. The van der Waals surface area contributed by atoms with Gasteiger partial charge in [0.15, 0.2) is 4.30 Å². The van der Waals surface area contributed by atoms with E-state index in [0.29, 0.717) is 0 Å². The number of hydrogen-bond acceptors (Lipinski definition) is 0. The summed E-state index contributed by atoms with van der Waals surface area (Å²) in [5.74, 6) is 0. The van der Waals surface area contributed by atoms with Crippen molar-refractivity contribution in [2.75, 3.05) is 0 Å². The van der Waals surface area contributed by atoms with E-state index in [1.165, 1.54) is 5.54 Å². The van der Waals surface area contributed by atoms with E-state index in [1.807, 2.05) is 0 Å². The molecule has 0 aromatic rings. The smallest absolute Gasteiger partial charge is 0.0936 e.